The highest BCUT2D eigenvalue weighted by atomic mass is 32.2. The first kappa shape index (κ1) is 16.1. The van der Waals surface area contributed by atoms with Gasteiger partial charge in [0, 0.05) is 6.08 Å². The van der Waals surface area contributed by atoms with Gasteiger partial charge in [0.25, 0.3) is 11.1 Å². The van der Waals surface area contributed by atoms with Crippen molar-refractivity contribution in [3.63, 3.8) is 0 Å². The van der Waals surface area contributed by atoms with E-state index in [1.165, 1.54) is 12.3 Å². The molecule has 2 aromatic heterocycles. The van der Waals surface area contributed by atoms with E-state index < -0.39 is 17.1 Å². The second kappa shape index (κ2) is 6.79. The zero-order valence-corrected chi connectivity index (χ0v) is 13.6. The van der Waals surface area contributed by atoms with Crippen molar-refractivity contribution < 1.29 is 23.2 Å². The van der Waals surface area contributed by atoms with E-state index >= 15 is 0 Å². The van der Waals surface area contributed by atoms with Crippen LogP contribution >= 0.6 is 11.8 Å². The molecule has 0 saturated carbocycles. The number of hydrogen-bond donors (Lipinski definition) is 1. The molecule has 0 bridgehead atoms. The molecule has 1 aliphatic rings. The minimum Gasteiger partial charge on any atom is -0.467 e. The smallest absolute Gasteiger partial charge is 0.294 e. The van der Waals surface area contributed by atoms with Crippen molar-refractivity contribution in [2.75, 3.05) is 6.54 Å². The van der Waals surface area contributed by atoms with E-state index in [1.54, 1.807) is 31.2 Å². The number of imide groups is 1. The van der Waals surface area contributed by atoms with Gasteiger partial charge in [-0.05, 0) is 43.0 Å². The monoisotopic (exact) mass is 346 g/mol. The summed E-state index contributed by atoms with van der Waals surface area (Å²) in [5, 5.41) is 2.11. The minimum absolute atomic E-state index is 0.198. The van der Waals surface area contributed by atoms with E-state index in [-0.39, 0.29) is 18.0 Å². The number of furan rings is 2. The van der Waals surface area contributed by atoms with Gasteiger partial charge in [-0.15, -0.1) is 0 Å². The van der Waals surface area contributed by atoms with Crippen LogP contribution in [0.3, 0.4) is 0 Å². The maximum atomic E-state index is 12.3. The van der Waals surface area contributed by atoms with E-state index in [9.17, 15) is 14.4 Å². The van der Waals surface area contributed by atoms with Crippen molar-refractivity contribution in [3.05, 3.63) is 52.7 Å². The minimum atomic E-state index is -0.507. The molecular weight excluding hydrogens is 332 g/mol. The quantitative estimate of drug-likeness (QED) is 0.836. The first-order valence-electron chi connectivity index (χ1n) is 7.14. The van der Waals surface area contributed by atoms with Crippen LogP contribution in [0.5, 0.6) is 0 Å². The Balaban J connectivity index is 1.61. The fourth-order valence-corrected chi connectivity index (χ4v) is 2.91. The molecule has 7 nitrogen and oxygen atoms in total. The lowest BCUT2D eigenvalue weighted by molar-refractivity contribution is -0.129. The van der Waals surface area contributed by atoms with Crippen LogP contribution in [-0.4, -0.2) is 28.5 Å². The molecule has 24 heavy (non-hydrogen) atoms. The number of hydrogen-bond acceptors (Lipinski definition) is 6. The number of nitrogens with one attached hydrogen (secondary N) is 1. The maximum absolute atomic E-state index is 12.3. The van der Waals surface area contributed by atoms with Crippen LogP contribution in [0.15, 0.2) is 44.3 Å². The molecule has 3 amide bonds. The molecule has 0 aliphatic carbocycles. The molecule has 3 heterocycles. The van der Waals surface area contributed by atoms with Gasteiger partial charge in [0.1, 0.15) is 23.8 Å². The molecule has 8 heteroatoms. The summed E-state index contributed by atoms with van der Waals surface area (Å²) >= 11 is 0.784. The standard InChI is InChI=1S/C16H14N2O5S/c1-10-4-5-11(23-10)7-13-15(20)18(16(21)24-13)9-14(19)17-8-12-3-2-6-22-12/h2-7H,8-9H2,1H3,(H,17,19)/b13-7-. The van der Waals surface area contributed by atoms with Crippen molar-refractivity contribution in [2.45, 2.75) is 13.5 Å². The molecule has 2 aromatic rings. The Bertz CT molecular complexity index is 806. The summed E-state index contributed by atoms with van der Waals surface area (Å²) in [6, 6.07) is 6.89. The SMILES string of the molecule is Cc1ccc(/C=C2\SC(=O)N(CC(=O)NCc3ccco3)C2=O)o1. The molecule has 1 fully saturated rings. The van der Waals surface area contributed by atoms with Crippen molar-refractivity contribution in [1.29, 1.82) is 0 Å². The van der Waals surface area contributed by atoms with Crippen LogP contribution in [0.25, 0.3) is 6.08 Å². The fraction of sp³-hybridized carbons (Fsp3) is 0.188. The number of carbonyl (C=O) groups excluding carboxylic acids is 3. The molecule has 0 aromatic carbocycles. The molecule has 124 valence electrons. The second-order valence-electron chi connectivity index (χ2n) is 5.07. The zero-order valence-electron chi connectivity index (χ0n) is 12.8. The van der Waals surface area contributed by atoms with Gasteiger partial charge < -0.3 is 14.2 Å². The molecule has 1 aliphatic heterocycles. The van der Waals surface area contributed by atoms with E-state index in [0.29, 0.717) is 17.3 Å². The van der Waals surface area contributed by atoms with Gasteiger partial charge >= 0.3 is 0 Å². The predicted octanol–water partition coefficient (Wildman–Crippen LogP) is 2.53. The van der Waals surface area contributed by atoms with E-state index in [0.717, 1.165) is 16.7 Å². The molecule has 0 spiro atoms. The molecule has 1 saturated heterocycles. The van der Waals surface area contributed by atoms with Gasteiger partial charge in [-0.25, -0.2) is 0 Å². The van der Waals surface area contributed by atoms with Crippen LogP contribution in [0.2, 0.25) is 0 Å². The lowest BCUT2D eigenvalue weighted by Gasteiger charge is -2.11. The number of amides is 3. The summed E-state index contributed by atoms with van der Waals surface area (Å²) in [6.45, 7) is 1.65. The van der Waals surface area contributed by atoms with Gasteiger partial charge in [-0.3, -0.25) is 19.3 Å². The highest BCUT2D eigenvalue weighted by Gasteiger charge is 2.36. The number of aryl methyl sites for hydroxylation is 1. The van der Waals surface area contributed by atoms with Crippen molar-refractivity contribution in [1.82, 2.24) is 10.2 Å². The number of carbonyl (C=O) groups is 3. The lowest BCUT2D eigenvalue weighted by Crippen LogP contribution is -2.39. The van der Waals surface area contributed by atoms with E-state index in [4.69, 9.17) is 8.83 Å². The van der Waals surface area contributed by atoms with Gasteiger partial charge in [-0.1, -0.05) is 0 Å². The largest absolute Gasteiger partial charge is 0.467 e. The highest BCUT2D eigenvalue weighted by Crippen LogP contribution is 2.32. The summed E-state index contributed by atoms with van der Waals surface area (Å²) in [5.41, 5.74) is 0. The Hall–Kier alpha value is -2.74. The topological polar surface area (TPSA) is 92.8 Å². The summed E-state index contributed by atoms with van der Waals surface area (Å²) < 4.78 is 10.5. The Morgan fingerprint density at radius 3 is 2.83 bits per heavy atom. The third-order valence-corrected chi connectivity index (χ3v) is 4.16. The van der Waals surface area contributed by atoms with Crippen LogP contribution in [0, 0.1) is 6.92 Å². The Kier molecular flexibility index (Phi) is 4.57. The van der Waals surface area contributed by atoms with Gasteiger partial charge in [-0.2, -0.15) is 0 Å². The molecular formula is C16H14N2O5S. The van der Waals surface area contributed by atoms with Crippen molar-refractivity contribution in [3.8, 4) is 0 Å². The summed E-state index contributed by atoms with van der Waals surface area (Å²) in [4.78, 5) is 37.3. The molecule has 0 radical (unpaired) electrons. The Labute approximate surface area is 141 Å². The highest BCUT2D eigenvalue weighted by molar-refractivity contribution is 8.18. The van der Waals surface area contributed by atoms with Crippen molar-refractivity contribution >= 4 is 34.9 Å². The Morgan fingerprint density at radius 2 is 2.17 bits per heavy atom. The first-order chi connectivity index (χ1) is 11.5. The Morgan fingerprint density at radius 1 is 1.33 bits per heavy atom. The molecule has 0 atom stereocenters. The normalized spacial score (nSPS) is 16.2. The summed E-state index contributed by atoms with van der Waals surface area (Å²) in [5.74, 6) is 0.833. The van der Waals surface area contributed by atoms with E-state index in [2.05, 4.69) is 5.32 Å². The number of rotatable bonds is 5. The summed E-state index contributed by atoms with van der Waals surface area (Å²) in [6.07, 6.45) is 3.00. The molecule has 3 rings (SSSR count). The number of nitrogens with zero attached hydrogens (tertiary/aromatic N) is 1. The van der Waals surface area contributed by atoms with Gasteiger partial charge in [0.05, 0.1) is 17.7 Å². The first-order valence-corrected chi connectivity index (χ1v) is 7.95. The molecule has 0 unspecified atom stereocenters. The van der Waals surface area contributed by atoms with E-state index in [1.807, 2.05) is 0 Å². The van der Waals surface area contributed by atoms with Gasteiger partial charge in [0.15, 0.2) is 0 Å². The predicted molar refractivity (Wildman–Crippen MR) is 86.7 cm³/mol. The summed E-state index contributed by atoms with van der Waals surface area (Å²) in [7, 11) is 0. The van der Waals surface area contributed by atoms with Crippen LogP contribution in [-0.2, 0) is 16.1 Å². The van der Waals surface area contributed by atoms with Crippen LogP contribution in [0.1, 0.15) is 17.3 Å². The van der Waals surface area contributed by atoms with Crippen molar-refractivity contribution in [2.24, 2.45) is 0 Å². The fourth-order valence-electron chi connectivity index (χ4n) is 2.09. The average Bonchev–Trinajstić information content (AvgIpc) is 3.25. The second-order valence-corrected chi connectivity index (χ2v) is 6.07. The van der Waals surface area contributed by atoms with Gasteiger partial charge in [0.2, 0.25) is 5.91 Å². The zero-order chi connectivity index (χ0) is 17.1. The van der Waals surface area contributed by atoms with Crippen LogP contribution < -0.4 is 5.32 Å². The number of thioether (sulfide) groups is 1. The molecule has 1 N–H and O–H groups in total. The average molecular weight is 346 g/mol. The third-order valence-electron chi connectivity index (χ3n) is 3.25. The van der Waals surface area contributed by atoms with Crippen LogP contribution in [0.4, 0.5) is 4.79 Å². The lowest BCUT2D eigenvalue weighted by atomic mass is 10.3. The third kappa shape index (κ3) is 3.60. The maximum Gasteiger partial charge on any atom is 0.294 e.